The van der Waals surface area contributed by atoms with Gasteiger partial charge in [0.05, 0.1) is 0 Å². The number of halogens is 1. The Hall–Kier alpha value is -2.71. The molecule has 0 amide bonds. The van der Waals surface area contributed by atoms with Crippen molar-refractivity contribution in [3.05, 3.63) is 71.4 Å². The molecule has 0 atom stereocenters. The largest absolute Gasteiger partial charge is 0.457 e. The Bertz CT molecular complexity index is 994. The van der Waals surface area contributed by atoms with Crippen molar-refractivity contribution in [3.8, 4) is 11.5 Å². The Kier molecular flexibility index (Phi) is 5.06. The average Bonchev–Trinajstić information content (AvgIpc) is 2.95. The molecule has 1 N–H and O–H groups in total. The minimum absolute atomic E-state index is 0.0521. The van der Waals surface area contributed by atoms with Crippen molar-refractivity contribution in [2.24, 2.45) is 0 Å². The lowest BCUT2D eigenvalue weighted by Crippen LogP contribution is -2.24. The number of hydrogen-bond donors (Lipinski definition) is 1. The molecule has 0 unspecified atom stereocenters. The third kappa shape index (κ3) is 4.09. The standard InChI is InChI=1S/C18H17FN2O4S/c1-12-18(13(2)25-21-12)26(22,23)20-11-14-4-3-5-17(10-14)24-16-8-6-15(19)7-9-16/h3-10,20H,11H2,1-2H3. The quantitative estimate of drug-likeness (QED) is 0.709. The number of benzene rings is 2. The second kappa shape index (κ2) is 7.27. The normalized spacial score (nSPS) is 11.5. The van der Waals surface area contributed by atoms with Crippen molar-refractivity contribution in [1.29, 1.82) is 0 Å². The molecule has 3 aromatic rings. The first-order chi connectivity index (χ1) is 12.3. The summed E-state index contributed by atoms with van der Waals surface area (Å²) in [6.07, 6.45) is 0. The number of aromatic nitrogens is 1. The molecule has 136 valence electrons. The van der Waals surface area contributed by atoms with E-state index in [-0.39, 0.29) is 23.0 Å². The Morgan fingerprint density at radius 1 is 1.12 bits per heavy atom. The summed E-state index contributed by atoms with van der Waals surface area (Å²) in [6, 6.07) is 12.6. The third-order valence-electron chi connectivity index (χ3n) is 3.65. The molecular weight excluding hydrogens is 359 g/mol. The van der Waals surface area contributed by atoms with Crippen LogP contribution in [0.4, 0.5) is 4.39 Å². The number of rotatable bonds is 6. The van der Waals surface area contributed by atoms with Crippen LogP contribution >= 0.6 is 0 Å². The van der Waals surface area contributed by atoms with E-state index < -0.39 is 10.0 Å². The topological polar surface area (TPSA) is 81.4 Å². The summed E-state index contributed by atoms with van der Waals surface area (Å²) in [6.45, 7) is 3.20. The van der Waals surface area contributed by atoms with Gasteiger partial charge in [-0.2, -0.15) is 0 Å². The predicted molar refractivity (Wildman–Crippen MR) is 92.9 cm³/mol. The number of aryl methyl sites for hydroxylation is 2. The second-order valence-electron chi connectivity index (χ2n) is 5.68. The highest BCUT2D eigenvalue weighted by atomic mass is 32.2. The monoisotopic (exact) mass is 376 g/mol. The van der Waals surface area contributed by atoms with E-state index in [1.807, 2.05) is 0 Å². The summed E-state index contributed by atoms with van der Waals surface area (Å²) in [4.78, 5) is 0.0521. The van der Waals surface area contributed by atoms with Crippen molar-refractivity contribution in [3.63, 3.8) is 0 Å². The zero-order valence-corrected chi connectivity index (χ0v) is 15.0. The van der Waals surface area contributed by atoms with Gasteiger partial charge in [0.1, 0.15) is 27.9 Å². The van der Waals surface area contributed by atoms with Crippen LogP contribution in [0.25, 0.3) is 0 Å². The summed E-state index contributed by atoms with van der Waals surface area (Å²) < 4.78 is 50.9. The molecule has 0 fully saturated rings. The number of ether oxygens (including phenoxy) is 1. The molecule has 0 aliphatic heterocycles. The van der Waals surface area contributed by atoms with Crippen LogP contribution < -0.4 is 9.46 Å². The molecule has 6 nitrogen and oxygen atoms in total. The van der Waals surface area contributed by atoms with Gasteiger partial charge in [-0.15, -0.1) is 0 Å². The van der Waals surface area contributed by atoms with E-state index in [2.05, 4.69) is 9.88 Å². The van der Waals surface area contributed by atoms with Crippen LogP contribution in [0.5, 0.6) is 11.5 Å². The minimum atomic E-state index is -3.74. The van der Waals surface area contributed by atoms with Crippen LogP contribution in [0.2, 0.25) is 0 Å². The molecule has 0 aliphatic rings. The van der Waals surface area contributed by atoms with Gasteiger partial charge < -0.3 is 9.26 Å². The first-order valence-electron chi connectivity index (χ1n) is 7.80. The van der Waals surface area contributed by atoms with Gasteiger partial charge in [0.15, 0.2) is 5.76 Å². The van der Waals surface area contributed by atoms with Crippen LogP contribution in [0.15, 0.2) is 57.9 Å². The van der Waals surface area contributed by atoms with E-state index in [0.717, 1.165) is 0 Å². The maximum atomic E-state index is 12.9. The highest BCUT2D eigenvalue weighted by molar-refractivity contribution is 7.89. The first kappa shape index (κ1) is 18.1. The van der Waals surface area contributed by atoms with Crippen molar-refractivity contribution < 1.29 is 22.1 Å². The average molecular weight is 376 g/mol. The second-order valence-corrected chi connectivity index (χ2v) is 7.39. The third-order valence-corrected chi connectivity index (χ3v) is 5.30. The Morgan fingerprint density at radius 2 is 1.85 bits per heavy atom. The van der Waals surface area contributed by atoms with Gasteiger partial charge in [0.25, 0.3) is 0 Å². The van der Waals surface area contributed by atoms with Crippen LogP contribution in [0, 0.1) is 19.7 Å². The van der Waals surface area contributed by atoms with Crippen molar-refractivity contribution in [2.75, 3.05) is 0 Å². The molecule has 0 aliphatic carbocycles. The van der Waals surface area contributed by atoms with Crippen molar-refractivity contribution >= 4 is 10.0 Å². The first-order valence-corrected chi connectivity index (χ1v) is 9.28. The number of sulfonamides is 1. The zero-order chi connectivity index (χ0) is 18.7. The van der Waals surface area contributed by atoms with Gasteiger partial charge in [-0.1, -0.05) is 17.3 Å². The van der Waals surface area contributed by atoms with E-state index in [0.29, 0.717) is 22.8 Å². The van der Waals surface area contributed by atoms with Crippen molar-refractivity contribution in [2.45, 2.75) is 25.3 Å². The molecule has 8 heteroatoms. The van der Waals surface area contributed by atoms with Crippen LogP contribution in [0.3, 0.4) is 0 Å². The molecule has 0 saturated carbocycles. The number of hydrogen-bond acceptors (Lipinski definition) is 5. The van der Waals surface area contributed by atoms with E-state index in [4.69, 9.17) is 9.26 Å². The fraction of sp³-hybridized carbons (Fsp3) is 0.167. The lowest BCUT2D eigenvalue weighted by molar-refractivity contribution is 0.390. The van der Waals surface area contributed by atoms with Gasteiger partial charge in [-0.05, 0) is 55.8 Å². The van der Waals surface area contributed by atoms with Gasteiger partial charge in [0.2, 0.25) is 10.0 Å². The van der Waals surface area contributed by atoms with Gasteiger partial charge in [-0.3, -0.25) is 0 Å². The number of nitrogens with one attached hydrogen (secondary N) is 1. The van der Waals surface area contributed by atoms with Gasteiger partial charge in [0, 0.05) is 6.54 Å². The summed E-state index contributed by atoms with van der Waals surface area (Å²) in [7, 11) is -3.74. The zero-order valence-electron chi connectivity index (χ0n) is 14.2. The fourth-order valence-corrected chi connectivity index (χ4v) is 3.81. The SMILES string of the molecule is Cc1noc(C)c1S(=O)(=O)NCc1cccc(Oc2ccc(F)cc2)c1. The Balaban J connectivity index is 1.72. The van der Waals surface area contributed by atoms with Crippen LogP contribution in [0.1, 0.15) is 17.0 Å². The van der Waals surface area contributed by atoms with E-state index in [1.54, 1.807) is 38.1 Å². The van der Waals surface area contributed by atoms with Gasteiger partial charge >= 0.3 is 0 Å². The molecule has 2 aromatic carbocycles. The van der Waals surface area contributed by atoms with E-state index in [1.165, 1.54) is 24.3 Å². The molecule has 1 aromatic heterocycles. The lowest BCUT2D eigenvalue weighted by atomic mass is 10.2. The molecule has 0 spiro atoms. The summed E-state index contributed by atoms with van der Waals surface area (Å²) >= 11 is 0. The molecule has 0 saturated heterocycles. The molecule has 3 rings (SSSR count). The summed E-state index contributed by atoms with van der Waals surface area (Å²) in [5.74, 6) is 0.897. The predicted octanol–water partition coefficient (Wildman–Crippen LogP) is 3.70. The number of nitrogens with zero attached hydrogens (tertiary/aromatic N) is 1. The minimum Gasteiger partial charge on any atom is -0.457 e. The molecular formula is C18H17FN2O4S. The summed E-state index contributed by atoms with van der Waals surface area (Å²) in [5.41, 5.74) is 1.02. The molecule has 0 bridgehead atoms. The maximum Gasteiger partial charge on any atom is 0.246 e. The Morgan fingerprint density at radius 3 is 2.50 bits per heavy atom. The highest BCUT2D eigenvalue weighted by Gasteiger charge is 2.23. The van der Waals surface area contributed by atoms with Crippen molar-refractivity contribution in [1.82, 2.24) is 9.88 Å². The summed E-state index contributed by atoms with van der Waals surface area (Å²) in [5, 5.41) is 3.66. The fourth-order valence-electron chi connectivity index (χ4n) is 2.47. The molecule has 1 heterocycles. The molecule has 0 radical (unpaired) electrons. The lowest BCUT2D eigenvalue weighted by Gasteiger charge is -2.09. The van der Waals surface area contributed by atoms with E-state index in [9.17, 15) is 12.8 Å². The highest BCUT2D eigenvalue weighted by Crippen LogP contribution is 2.23. The smallest absolute Gasteiger partial charge is 0.246 e. The molecule has 26 heavy (non-hydrogen) atoms. The maximum absolute atomic E-state index is 12.9. The van der Waals surface area contributed by atoms with Crippen LogP contribution in [-0.4, -0.2) is 13.6 Å². The van der Waals surface area contributed by atoms with E-state index >= 15 is 0 Å². The van der Waals surface area contributed by atoms with Crippen LogP contribution in [-0.2, 0) is 16.6 Å². The van der Waals surface area contributed by atoms with Gasteiger partial charge in [-0.25, -0.2) is 17.5 Å². The Labute approximate surface area is 150 Å².